The first-order valence-electron chi connectivity index (χ1n) is 8.69. The van der Waals surface area contributed by atoms with Gasteiger partial charge in [-0.05, 0) is 43.6 Å². The van der Waals surface area contributed by atoms with Gasteiger partial charge in [-0.1, -0.05) is 13.3 Å². The molecule has 2 fully saturated rings. The lowest BCUT2D eigenvalue weighted by Crippen LogP contribution is -2.44. The van der Waals surface area contributed by atoms with Crippen LogP contribution >= 0.6 is 11.3 Å². The van der Waals surface area contributed by atoms with Crippen LogP contribution in [0.2, 0.25) is 0 Å². The number of aryl methyl sites for hydroxylation is 1. The average molecular weight is 364 g/mol. The summed E-state index contributed by atoms with van der Waals surface area (Å²) in [5.41, 5.74) is 0.331. The first-order chi connectivity index (χ1) is 12.0. The van der Waals surface area contributed by atoms with Gasteiger partial charge in [0.1, 0.15) is 5.00 Å². The molecule has 6 nitrogen and oxygen atoms in total. The Morgan fingerprint density at radius 3 is 2.56 bits per heavy atom. The molecule has 7 heteroatoms. The molecule has 0 spiro atoms. The predicted octanol–water partition coefficient (Wildman–Crippen LogP) is 1.84. The van der Waals surface area contributed by atoms with Crippen LogP contribution in [0.3, 0.4) is 0 Å². The summed E-state index contributed by atoms with van der Waals surface area (Å²) in [6, 6.07) is 1.74. The number of aliphatic carboxylic acids is 1. The van der Waals surface area contributed by atoms with Gasteiger partial charge in [-0.2, -0.15) is 0 Å². The standard InChI is InChI=1S/C18H23NO5S/c1-3-4-11-8-12(18(23)24-2)16(25-11)19-15(20)13-9-5-6-10(7-9)14(13)17(21)22/h8-10,13-14H,3-7H2,1-2H3,(H,19,20)(H,21,22)/p-1/t9-,10+,13-,14+/m1/s1. The highest BCUT2D eigenvalue weighted by Crippen LogP contribution is 2.52. The number of hydrogen-bond donors (Lipinski definition) is 1. The van der Waals surface area contributed by atoms with Gasteiger partial charge in [0.2, 0.25) is 5.91 Å². The summed E-state index contributed by atoms with van der Waals surface area (Å²) in [5, 5.41) is 14.8. The van der Waals surface area contributed by atoms with Crippen molar-refractivity contribution < 1.29 is 24.2 Å². The SMILES string of the molecule is CCCc1cc(C(=O)OC)c(NC(=O)[C@@H]2[C@@H]3CC[C@@H](C3)[C@@H]2C(=O)[O-])s1. The van der Waals surface area contributed by atoms with Crippen molar-refractivity contribution in [3.8, 4) is 0 Å². The number of rotatable bonds is 6. The second-order valence-corrected chi connectivity index (χ2v) is 8.03. The van der Waals surface area contributed by atoms with Crippen LogP contribution in [0, 0.1) is 23.7 Å². The van der Waals surface area contributed by atoms with Crippen LogP contribution in [0.4, 0.5) is 5.00 Å². The first-order valence-corrected chi connectivity index (χ1v) is 9.50. The minimum Gasteiger partial charge on any atom is -0.550 e. The van der Waals surface area contributed by atoms with E-state index < -0.39 is 23.8 Å². The number of anilines is 1. The van der Waals surface area contributed by atoms with Gasteiger partial charge in [-0.3, -0.25) is 4.79 Å². The third kappa shape index (κ3) is 3.29. The summed E-state index contributed by atoms with van der Waals surface area (Å²) in [5.74, 6) is -3.15. The van der Waals surface area contributed by atoms with E-state index in [1.807, 2.05) is 6.92 Å². The number of carbonyl (C=O) groups is 3. The van der Waals surface area contributed by atoms with Crippen molar-refractivity contribution in [2.24, 2.45) is 23.7 Å². The molecular formula is C18H22NO5S-. The number of fused-ring (bicyclic) bond motifs is 2. The van der Waals surface area contributed by atoms with Crippen LogP contribution in [-0.4, -0.2) is 25.0 Å². The number of nitrogens with one attached hydrogen (secondary N) is 1. The van der Waals surface area contributed by atoms with Crippen LogP contribution in [0.5, 0.6) is 0 Å². The number of carboxylic acid groups (broad SMARTS) is 1. The Kier molecular flexibility index (Phi) is 5.13. The Morgan fingerprint density at radius 1 is 1.28 bits per heavy atom. The Bertz CT molecular complexity index is 698. The van der Waals surface area contributed by atoms with Crippen LogP contribution in [0.25, 0.3) is 0 Å². The Morgan fingerprint density at radius 2 is 1.96 bits per heavy atom. The highest BCUT2D eigenvalue weighted by molar-refractivity contribution is 7.16. The van der Waals surface area contributed by atoms with E-state index >= 15 is 0 Å². The largest absolute Gasteiger partial charge is 0.550 e. The molecular weight excluding hydrogens is 342 g/mol. The maximum absolute atomic E-state index is 12.8. The maximum atomic E-state index is 12.8. The fourth-order valence-electron chi connectivity index (χ4n) is 4.37. The molecule has 2 bridgehead atoms. The fourth-order valence-corrected chi connectivity index (χ4v) is 5.52. The number of ether oxygens (including phenoxy) is 1. The summed E-state index contributed by atoms with van der Waals surface area (Å²) in [6.07, 6.45) is 4.22. The topological polar surface area (TPSA) is 95.5 Å². The fraction of sp³-hybridized carbons (Fsp3) is 0.611. The monoisotopic (exact) mass is 364 g/mol. The lowest BCUT2D eigenvalue weighted by atomic mass is 9.79. The summed E-state index contributed by atoms with van der Waals surface area (Å²) >= 11 is 1.35. The highest BCUT2D eigenvalue weighted by Gasteiger charge is 2.51. The third-order valence-electron chi connectivity index (χ3n) is 5.41. The number of amides is 1. The van der Waals surface area contributed by atoms with E-state index in [9.17, 15) is 19.5 Å². The lowest BCUT2D eigenvalue weighted by Gasteiger charge is -2.30. The van der Waals surface area contributed by atoms with Crippen molar-refractivity contribution in [2.45, 2.75) is 39.0 Å². The van der Waals surface area contributed by atoms with Crippen LogP contribution < -0.4 is 10.4 Å². The second-order valence-electron chi connectivity index (χ2n) is 6.89. The summed E-state index contributed by atoms with van der Waals surface area (Å²) in [6.45, 7) is 2.04. The second kappa shape index (κ2) is 7.15. The molecule has 2 aliphatic carbocycles. The van der Waals surface area contributed by atoms with Crippen molar-refractivity contribution >= 4 is 34.2 Å². The summed E-state index contributed by atoms with van der Waals surface area (Å²) in [4.78, 5) is 37.3. The zero-order valence-electron chi connectivity index (χ0n) is 14.4. The van der Waals surface area contributed by atoms with Crippen LogP contribution in [-0.2, 0) is 20.7 Å². The molecule has 3 rings (SSSR count). The van der Waals surface area contributed by atoms with E-state index in [0.717, 1.165) is 37.0 Å². The minimum absolute atomic E-state index is 0.0322. The smallest absolute Gasteiger partial charge is 0.340 e. The van der Waals surface area contributed by atoms with Crippen molar-refractivity contribution in [1.82, 2.24) is 0 Å². The molecule has 0 radical (unpaired) electrons. The molecule has 1 aromatic rings. The van der Waals surface area contributed by atoms with Gasteiger partial charge in [0.25, 0.3) is 0 Å². The van der Waals surface area contributed by atoms with E-state index in [4.69, 9.17) is 4.74 Å². The molecule has 1 N–H and O–H groups in total. The van der Waals surface area contributed by atoms with Gasteiger partial charge < -0.3 is 20.0 Å². The maximum Gasteiger partial charge on any atom is 0.340 e. The van der Waals surface area contributed by atoms with Gasteiger partial charge in [-0.25, -0.2) is 4.79 Å². The van der Waals surface area contributed by atoms with Gasteiger partial charge >= 0.3 is 5.97 Å². The molecule has 1 amide bonds. The molecule has 136 valence electrons. The lowest BCUT2D eigenvalue weighted by molar-refractivity contribution is -0.314. The number of carboxylic acids is 1. The van der Waals surface area contributed by atoms with E-state index in [1.165, 1.54) is 18.4 Å². The van der Waals surface area contributed by atoms with Gasteiger partial charge in [0.05, 0.1) is 12.7 Å². The quantitative estimate of drug-likeness (QED) is 0.777. The van der Waals surface area contributed by atoms with Crippen molar-refractivity contribution in [3.05, 3.63) is 16.5 Å². The molecule has 2 aliphatic rings. The summed E-state index contributed by atoms with van der Waals surface area (Å²) < 4.78 is 4.80. The van der Waals surface area contributed by atoms with E-state index in [-0.39, 0.29) is 17.7 Å². The third-order valence-corrected chi connectivity index (χ3v) is 6.52. The van der Waals surface area contributed by atoms with Crippen LogP contribution in [0.15, 0.2) is 6.07 Å². The minimum atomic E-state index is -1.14. The molecule has 1 heterocycles. The molecule has 4 atom stereocenters. The molecule has 0 aromatic carbocycles. The van der Waals surface area contributed by atoms with E-state index in [2.05, 4.69) is 5.32 Å². The van der Waals surface area contributed by atoms with Crippen LogP contribution in [0.1, 0.15) is 47.8 Å². The zero-order valence-corrected chi connectivity index (χ0v) is 15.2. The molecule has 2 saturated carbocycles. The Balaban J connectivity index is 1.83. The molecule has 0 unspecified atom stereocenters. The van der Waals surface area contributed by atoms with E-state index in [1.54, 1.807) is 6.07 Å². The van der Waals surface area contributed by atoms with Gasteiger partial charge in [-0.15, -0.1) is 11.3 Å². The molecule has 0 saturated heterocycles. The number of thiophene rings is 1. The van der Waals surface area contributed by atoms with Crippen molar-refractivity contribution in [1.29, 1.82) is 0 Å². The van der Waals surface area contributed by atoms with Gasteiger partial charge in [0.15, 0.2) is 0 Å². The summed E-state index contributed by atoms with van der Waals surface area (Å²) in [7, 11) is 1.30. The zero-order chi connectivity index (χ0) is 18.1. The average Bonchev–Trinajstić information content (AvgIpc) is 3.28. The van der Waals surface area contributed by atoms with E-state index in [0.29, 0.717) is 10.6 Å². The van der Waals surface area contributed by atoms with Crippen molar-refractivity contribution in [2.75, 3.05) is 12.4 Å². The highest BCUT2D eigenvalue weighted by atomic mass is 32.1. The predicted molar refractivity (Wildman–Crippen MR) is 91.1 cm³/mol. The first kappa shape index (κ1) is 17.9. The Labute approximate surface area is 150 Å². The number of methoxy groups -OCH3 is 1. The molecule has 25 heavy (non-hydrogen) atoms. The molecule has 1 aromatic heterocycles. The Hall–Kier alpha value is -1.89. The number of carbonyl (C=O) groups excluding carboxylic acids is 3. The number of esters is 1. The van der Waals surface area contributed by atoms with Gasteiger partial charge in [0, 0.05) is 22.7 Å². The number of hydrogen-bond acceptors (Lipinski definition) is 6. The normalized spacial score (nSPS) is 27.3. The molecule has 0 aliphatic heterocycles. The van der Waals surface area contributed by atoms with Crippen molar-refractivity contribution in [3.63, 3.8) is 0 Å².